The van der Waals surface area contributed by atoms with Gasteiger partial charge in [0.15, 0.2) is 15.6 Å². The number of rotatable bonds is 5. The highest BCUT2D eigenvalue weighted by Gasteiger charge is 2.69. The molecular weight excluding hydrogens is 544 g/mol. The van der Waals surface area contributed by atoms with Gasteiger partial charge < -0.3 is 10.2 Å². The van der Waals surface area contributed by atoms with Gasteiger partial charge in [-0.3, -0.25) is 9.59 Å². The van der Waals surface area contributed by atoms with Gasteiger partial charge in [0.1, 0.15) is 5.78 Å². The van der Waals surface area contributed by atoms with E-state index in [9.17, 15) is 18.0 Å². The topological polar surface area (TPSA) is 83.6 Å². The molecule has 7 atom stereocenters. The van der Waals surface area contributed by atoms with Crippen LogP contribution in [0.15, 0.2) is 11.1 Å². The van der Waals surface area contributed by atoms with Gasteiger partial charge >= 0.3 is 0 Å². The van der Waals surface area contributed by atoms with E-state index in [1.807, 2.05) is 0 Å². The Morgan fingerprint density at radius 2 is 1.57 bits per heavy atom. The molecule has 42 heavy (non-hydrogen) atoms. The van der Waals surface area contributed by atoms with E-state index in [4.69, 9.17) is 0 Å². The zero-order chi connectivity index (χ0) is 30.5. The second-order valence-electron chi connectivity index (χ2n) is 16.8. The quantitative estimate of drug-likeness (QED) is 0.442. The fourth-order valence-corrected chi connectivity index (χ4v) is 13.3. The second-order valence-corrected chi connectivity index (χ2v) is 19.1. The van der Waals surface area contributed by atoms with E-state index in [0.717, 1.165) is 57.2 Å². The minimum atomic E-state index is -2.89. The molecule has 1 N–H and O–H groups in total. The molecule has 1 saturated heterocycles. The first-order valence-electron chi connectivity index (χ1n) is 17.0. The number of Topliss-reactive ketones (excluding diaryl/α,β-unsaturated/α-hetero) is 2. The summed E-state index contributed by atoms with van der Waals surface area (Å²) in [5.74, 6) is 3.00. The molecule has 0 aromatic rings. The molecule has 0 amide bonds. The Labute approximate surface area is 255 Å². The lowest BCUT2D eigenvalue weighted by Gasteiger charge is -2.71. The van der Waals surface area contributed by atoms with Crippen LogP contribution in [-0.4, -0.2) is 68.1 Å². The zero-order valence-electron chi connectivity index (χ0n) is 27.4. The number of carbonyl (C=O) groups excluding carboxylic acids is 2. The van der Waals surface area contributed by atoms with Crippen molar-refractivity contribution in [2.24, 2.45) is 45.3 Å². The summed E-state index contributed by atoms with van der Waals surface area (Å²) in [4.78, 5) is 29.1. The van der Waals surface area contributed by atoms with Crippen molar-refractivity contribution in [1.82, 2.24) is 10.2 Å². The molecule has 1 aliphatic heterocycles. The van der Waals surface area contributed by atoms with Crippen molar-refractivity contribution in [3.8, 4) is 0 Å². The fraction of sp³-hybridized carbons (Fsp3) is 0.886. The van der Waals surface area contributed by atoms with Gasteiger partial charge in [0, 0.05) is 50.0 Å². The Morgan fingerprint density at radius 1 is 0.881 bits per heavy atom. The van der Waals surface area contributed by atoms with E-state index >= 15 is 0 Å². The summed E-state index contributed by atoms with van der Waals surface area (Å²) in [6.07, 6.45) is 9.10. The molecule has 1 unspecified atom stereocenters. The molecule has 0 spiro atoms. The third-order valence-electron chi connectivity index (χ3n) is 14.5. The largest absolute Gasteiger partial charge is 0.306 e. The maximum absolute atomic E-state index is 13.8. The average Bonchev–Trinajstić information content (AvgIpc) is 3.20. The van der Waals surface area contributed by atoms with Crippen LogP contribution in [0.1, 0.15) is 106 Å². The Morgan fingerprint density at radius 3 is 2.24 bits per heavy atom. The Hall–Kier alpha value is -1.05. The number of hydrogen-bond donors (Lipinski definition) is 1. The van der Waals surface area contributed by atoms with E-state index in [0.29, 0.717) is 48.8 Å². The minimum absolute atomic E-state index is 0.127. The second kappa shape index (κ2) is 9.97. The number of hydrogen-bond acceptors (Lipinski definition) is 6. The predicted octanol–water partition coefficient (Wildman–Crippen LogP) is 5.61. The van der Waals surface area contributed by atoms with Crippen molar-refractivity contribution in [2.45, 2.75) is 112 Å². The molecule has 0 aromatic heterocycles. The van der Waals surface area contributed by atoms with Crippen LogP contribution in [0.2, 0.25) is 0 Å². The molecule has 0 aromatic carbocycles. The summed E-state index contributed by atoms with van der Waals surface area (Å²) in [6.45, 7) is 19.4. The van der Waals surface area contributed by atoms with Crippen molar-refractivity contribution >= 4 is 21.4 Å². The van der Waals surface area contributed by atoms with Gasteiger partial charge in [-0.05, 0) is 96.0 Å². The molecule has 236 valence electrons. The molecule has 6 aliphatic rings. The third-order valence-corrected chi connectivity index (χ3v) is 16.1. The summed E-state index contributed by atoms with van der Waals surface area (Å²) >= 11 is 0. The monoisotopic (exact) mass is 600 g/mol. The van der Waals surface area contributed by atoms with Crippen LogP contribution in [0.4, 0.5) is 0 Å². The number of fused-ring (bicyclic) bond motifs is 7. The number of sulfone groups is 1. The van der Waals surface area contributed by atoms with Gasteiger partial charge in [-0.1, -0.05) is 48.5 Å². The van der Waals surface area contributed by atoms with Gasteiger partial charge in [-0.2, -0.15) is 0 Å². The van der Waals surface area contributed by atoms with Gasteiger partial charge in [-0.25, -0.2) is 8.42 Å². The molecule has 0 bridgehead atoms. The average molecular weight is 601 g/mol. The number of ketones is 2. The molecule has 0 radical (unpaired) electrons. The molecule has 1 heterocycles. The van der Waals surface area contributed by atoms with Crippen LogP contribution in [0.5, 0.6) is 0 Å². The highest BCUT2D eigenvalue weighted by atomic mass is 32.2. The summed E-state index contributed by atoms with van der Waals surface area (Å²) in [7, 11) is -2.89. The molecule has 5 aliphatic carbocycles. The summed E-state index contributed by atoms with van der Waals surface area (Å²) in [5, 5.41) is 3.98. The summed E-state index contributed by atoms with van der Waals surface area (Å²) in [5.41, 5.74) is 2.56. The van der Waals surface area contributed by atoms with Gasteiger partial charge in [-0.15, -0.1) is 0 Å². The van der Waals surface area contributed by atoms with E-state index in [2.05, 4.69) is 58.7 Å². The lowest BCUT2D eigenvalue weighted by Crippen LogP contribution is -2.66. The minimum Gasteiger partial charge on any atom is -0.306 e. The van der Waals surface area contributed by atoms with E-state index in [1.54, 1.807) is 0 Å². The Balaban J connectivity index is 1.30. The van der Waals surface area contributed by atoms with Crippen LogP contribution in [0.3, 0.4) is 0 Å². The highest BCUT2D eigenvalue weighted by molar-refractivity contribution is 7.91. The Bertz CT molecular complexity index is 1290. The SMILES string of the molecule is CC(C)C1=C2[C@H]3CC[C@@H]4[C@@]5(C)CCC(=O)C(C)(C)[C@@H]5CC[C@@]4(C)[C@]3(C)CCC2(NCCN2CCS(=O)(=O)CC2)CC1=O. The molecular formula is C35H56N2O4S. The maximum atomic E-state index is 13.8. The molecule has 7 heteroatoms. The number of carbonyl (C=O) groups is 2. The van der Waals surface area contributed by atoms with Crippen LogP contribution in [0, 0.1) is 45.3 Å². The lowest BCUT2D eigenvalue weighted by molar-refractivity contribution is -0.209. The number of nitrogens with one attached hydrogen (secondary N) is 1. The Kier molecular flexibility index (Phi) is 7.35. The fourth-order valence-electron chi connectivity index (χ4n) is 12.1. The lowest BCUT2D eigenvalue weighted by atomic mass is 9.33. The summed E-state index contributed by atoms with van der Waals surface area (Å²) in [6, 6.07) is 0. The van der Waals surface area contributed by atoms with E-state index in [1.165, 1.54) is 18.4 Å². The molecule has 4 saturated carbocycles. The van der Waals surface area contributed by atoms with E-state index < -0.39 is 9.84 Å². The first-order valence-corrected chi connectivity index (χ1v) is 18.8. The number of nitrogens with zero attached hydrogens (tertiary/aromatic N) is 1. The molecule has 5 fully saturated rings. The first-order chi connectivity index (χ1) is 19.5. The van der Waals surface area contributed by atoms with Gasteiger partial charge in [0.2, 0.25) is 0 Å². The molecule has 6 rings (SSSR count). The van der Waals surface area contributed by atoms with Crippen molar-refractivity contribution < 1.29 is 18.0 Å². The van der Waals surface area contributed by atoms with Crippen LogP contribution in [0.25, 0.3) is 0 Å². The van der Waals surface area contributed by atoms with E-state index in [-0.39, 0.29) is 44.6 Å². The van der Waals surface area contributed by atoms with Crippen molar-refractivity contribution in [3.63, 3.8) is 0 Å². The van der Waals surface area contributed by atoms with Crippen LogP contribution < -0.4 is 5.32 Å². The van der Waals surface area contributed by atoms with Crippen molar-refractivity contribution in [1.29, 1.82) is 0 Å². The van der Waals surface area contributed by atoms with Gasteiger partial charge in [0.05, 0.1) is 11.5 Å². The molecule has 6 nitrogen and oxygen atoms in total. The zero-order valence-corrected chi connectivity index (χ0v) is 28.2. The normalized spacial score (nSPS) is 44.9. The summed E-state index contributed by atoms with van der Waals surface area (Å²) < 4.78 is 23.9. The third kappa shape index (κ3) is 4.32. The van der Waals surface area contributed by atoms with Crippen molar-refractivity contribution in [3.05, 3.63) is 11.1 Å². The first kappa shape index (κ1) is 31.0. The number of allylic oxidation sites excluding steroid dienone is 1. The standard InChI is InChI=1S/C35H56N2O4S/c1-23(2)29-25(38)22-35(36-16-17-37-18-20-42(40,41)21-19-37)15-14-33(6)24(30(29)35)8-9-27-32(5)12-11-28(39)31(3,4)26(32)10-13-34(27,33)7/h23-24,26-27,36H,8-22H2,1-7H3/t24-,26+,27-,32+,33-,34-,35?/m1/s1. The van der Waals surface area contributed by atoms with Crippen LogP contribution in [-0.2, 0) is 19.4 Å². The maximum Gasteiger partial charge on any atom is 0.161 e. The smallest absolute Gasteiger partial charge is 0.161 e. The van der Waals surface area contributed by atoms with Gasteiger partial charge in [0.25, 0.3) is 0 Å². The van der Waals surface area contributed by atoms with Crippen LogP contribution >= 0.6 is 0 Å². The highest BCUT2D eigenvalue weighted by Crippen LogP contribution is 2.75. The predicted molar refractivity (Wildman–Crippen MR) is 168 cm³/mol. The van der Waals surface area contributed by atoms with Crippen molar-refractivity contribution in [2.75, 3.05) is 37.7 Å².